The molecule has 1 aromatic carbocycles. The molecule has 5 rings (SSSR count). The quantitative estimate of drug-likeness (QED) is 0.439. The Morgan fingerprint density at radius 2 is 1.86 bits per heavy atom. The molecule has 37 heavy (non-hydrogen) atoms. The van der Waals surface area contributed by atoms with E-state index in [0.717, 1.165) is 51.6 Å². The molecule has 1 fully saturated rings. The molecule has 3 heterocycles. The zero-order valence-electron chi connectivity index (χ0n) is 20.5. The summed E-state index contributed by atoms with van der Waals surface area (Å²) in [4.78, 5) is 23.9. The molecular formula is C28H28F3N3O2S. The van der Waals surface area contributed by atoms with Crippen LogP contribution < -0.4 is 0 Å². The topological polar surface area (TPSA) is 66.3 Å². The Bertz CT molecular complexity index is 1310. The first kappa shape index (κ1) is 25.8. The second kappa shape index (κ2) is 10.5. The first-order chi connectivity index (χ1) is 17.7. The Hall–Kier alpha value is -2.88. The number of thiazole rings is 1. The smallest absolute Gasteiger partial charge is 0.382 e. The van der Waals surface area contributed by atoms with Gasteiger partial charge >= 0.3 is 6.18 Å². The maximum Gasteiger partial charge on any atom is 0.415 e. The SMILES string of the molecule is Cc1nc(-c2cc3c(c(Cc4ccc(C5CCN(CC(O)C(F)(F)F)CC5)cc4)n2)C(=O)CC=C3)cs1. The summed E-state index contributed by atoms with van der Waals surface area (Å²) in [5, 5.41) is 12.3. The van der Waals surface area contributed by atoms with Crippen molar-refractivity contribution in [1.29, 1.82) is 0 Å². The Balaban J connectivity index is 1.30. The van der Waals surface area contributed by atoms with Crippen molar-refractivity contribution in [3.63, 3.8) is 0 Å². The van der Waals surface area contributed by atoms with Crippen LogP contribution in [0.1, 0.15) is 62.9 Å². The first-order valence-electron chi connectivity index (χ1n) is 12.4. The van der Waals surface area contributed by atoms with Gasteiger partial charge in [-0.15, -0.1) is 11.3 Å². The van der Waals surface area contributed by atoms with Gasteiger partial charge in [-0.2, -0.15) is 13.2 Å². The van der Waals surface area contributed by atoms with Crippen molar-refractivity contribution < 1.29 is 23.1 Å². The summed E-state index contributed by atoms with van der Waals surface area (Å²) < 4.78 is 38.0. The van der Waals surface area contributed by atoms with Gasteiger partial charge in [0.15, 0.2) is 11.9 Å². The second-order valence-corrected chi connectivity index (χ2v) is 10.8. The van der Waals surface area contributed by atoms with Gasteiger partial charge < -0.3 is 10.0 Å². The van der Waals surface area contributed by atoms with Crippen molar-refractivity contribution in [1.82, 2.24) is 14.9 Å². The van der Waals surface area contributed by atoms with E-state index >= 15 is 0 Å². The maximum absolute atomic E-state index is 12.8. The summed E-state index contributed by atoms with van der Waals surface area (Å²) in [6, 6.07) is 10.2. The average Bonchev–Trinajstić information content (AvgIpc) is 3.31. The number of β-amino-alcohol motifs (C(OH)–C–C–N with tert-alkyl or cyclic N) is 1. The van der Waals surface area contributed by atoms with E-state index in [4.69, 9.17) is 4.98 Å². The molecule has 1 atom stereocenters. The number of aryl methyl sites for hydroxylation is 1. The Morgan fingerprint density at radius 1 is 1.14 bits per heavy atom. The van der Waals surface area contributed by atoms with E-state index in [9.17, 15) is 23.1 Å². The summed E-state index contributed by atoms with van der Waals surface area (Å²) in [7, 11) is 0. The van der Waals surface area contributed by atoms with E-state index in [1.54, 1.807) is 16.2 Å². The number of pyridine rings is 1. The molecule has 1 aliphatic carbocycles. The predicted octanol–water partition coefficient (Wildman–Crippen LogP) is 5.81. The van der Waals surface area contributed by atoms with Crippen LogP contribution in [-0.4, -0.2) is 57.7 Å². The van der Waals surface area contributed by atoms with Gasteiger partial charge in [0, 0.05) is 30.3 Å². The molecule has 9 heteroatoms. The summed E-state index contributed by atoms with van der Waals surface area (Å²) in [6.07, 6.45) is -0.642. The molecule has 1 unspecified atom stereocenters. The third-order valence-corrected chi connectivity index (χ3v) is 7.88. The number of aliphatic hydroxyl groups excluding tert-OH is 1. The van der Waals surface area contributed by atoms with Crippen molar-refractivity contribution in [3.8, 4) is 11.4 Å². The van der Waals surface area contributed by atoms with E-state index in [0.29, 0.717) is 31.5 Å². The average molecular weight is 528 g/mol. The molecule has 0 saturated carbocycles. The minimum Gasteiger partial charge on any atom is -0.382 e. The van der Waals surface area contributed by atoms with Crippen LogP contribution in [0.25, 0.3) is 17.5 Å². The van der Waals surface area contributed by atoms with Crippen LogP contribution >= 0.6 is 11.3 Å². The normalized spacial score (nSPS) is 17.7. The van der Waals surface area contributed by atoms with Crippen molar-refractivity contribution >= 4 is 23.2 Å². The number of likely N-dealkylation sites (tertiary alicyclic amines) is 1. The van der Waals surface area contributed by atoms with Gasteiger partial charge in [0.05, 0.1) is 22.1 Å². The van der Waals surface area contributed by atoms with E-state index < -0.39 is 12.3 Å². The van der Waals surface area contributed by atoms with Crippen molar-refractivity contribution in [2.45, 2.75) is 50.8 Å². The highest BCUT2D eigenvalue weighted by molar-refractivity contribution is 7.09. The van der Waals surface area contributed by atoms with Gasteiger partial charge in [-0.3, -0.25) is 9.78 Å². The minimum atomic E-state index is -4.58. The zero-order valence-corrected chi connectivity index (χ0v) is 21.3. The number of halogens is 3. The Labute approximate surface area is 217 Å². The van der Waals surface area contributed by atoms with Gasteiger partial charge in [-0.05, 0) is 61.5 Å². The summed E-state index contributed by atoms with van der Waals surface area (Å²) >= 11 is 1.56. The number of rotatable bonds is 6. The number of fused-ring (bicyclic) bond motifs is 1. The number of carbonyl (C=O) groups excluding carboxylic acids is 1. The fourth-order valence-corrected chi connectivity index (χ4v) is 5.71. The monoisotopic (exact) mass is 527 g/mol. The van der Waals surface area contributed by atoms with Gasteiger partial charge in [0.25, 0.3) is 0 Å². The summed E-state index contributed by atoms with van der Waals surface area (Å²) in [5.74, 6) is 0.335. The number of hydrogen-bond donors (Lipinski definition) is 1. The molecule has 2 aromatic heterocycles. The number of nitrogens with zero attached hydrogens (tertiary/aromatic N) is 3. The summed E-state index contributed by atoms with van der Waals surface area (Å²) in [6.45, 7) is 2.62. The molecule has 194 valence electrons. The fraction of sp³-hybridized carbons (Fsp3) is 0.393. The lowest BCUT2D eigenvalue weighted by Crippen LogP contribution is -2.43. The number of ketones is 1. The zero-order chi connectivity index (χ0) is 26.2. The molecule has 3 aromatic rings. The summed E-state index contributed by atoms with van der Waals surface area (Å²) in [5.41, 5.74) is 6.06. The number of benzene rings is 1. The number of Topliss-reactive ketones (excluding diaryl/α,β-unsaturated/α-hetero) is 1. The molecule has 5 nitrogen and oxygen atoms in total. The molecule has 0 spiro atoms. The number of aromatic nitrogens is 2. The molecule has 1 aliphatic heterocycles. The van der Waals surface area contributed by atoms with Crippen LogP contribution in [0.3, 0.4) is 0 Å². The van der Waals surface area contributed by atoms with Crippen LogP contribution in [0.15, 0.2) is 41.8 Å². The van der Waals surface area contributed by atoms with E-state index in [2.05, 4.69) is 17.1 Å². The van der Waals surface area contributed by atoms with Crippen molar-refractivity contribution in [2.24, 2.45) is 0 Å². The highest BCUT2D eigenvalue weighted by atomic mass is 32.1. The van der Waals surface area contributed by atoms with Gasteiger partial charge in [-0.1, -0.05) is 36.4 Å². The third kappa shape index (κ3) is 5.84. The molecular weight excluding hydrogens is 499 g/mol. The fourth-order valence-electron chi connectivity index (χ4n) is 5.11. The standard InChI is InChI=1S/C28H28F3N3O2S/c1-17-32-24(16-37-17)22-14-21-3-2-4-25(35)27(21)23(33-22)13-18-5-7-19(8-6-18)20-9-11-34(12-10-20)15-26(36)28(29,30)31/h2-3,5-8,14,16,20,26,36H,4,9-13,15H2,1H3. The van der Waals surface area contributed by atoms with Crippen LogP contribution in [0.4, 0.5) is 13.2 Å². The highest BCUT2D eigenvalue weighted by Crippen LogP contribution is 2.32. The highest BCUT2D eigenvalue weighted by Gasteiger charge is 2.39. The molecule has 1 saturated heterocycles. The van der Waals surface area contributed by atoms with Gasteiger partial charge in [0.2, 0.25) is 0 Å². The van der Waals surface area contributed by atoms with Crippen LogP contribution in [0, 0.1) is 6.92 Å². The molecule has 1 N–H and O–H groups in total. The maximum atomic E-state index is 12.8. The Morgan fingerprint density at radius 3 is 2.51 bits per heavy atom. The molecule has 2 aliphatic rings. The van der Waals surface area contributed by atoms with Crippen LogP contribution in [0.2, 0.25) is 0 Å². The molecule has 0 amide bonds. The molecule has 0 bridgehead atoms. The molecule has 0 radical (unpaired) electrons. The van der Waals surface area contributed by atoms with E-state index in [1.807, 2.05) is 42.7 Å². The number of alkyl halides is 3. The van der Waals surface area contributed by atoms with Crippen molar-refractivity contribution in [3.05, 3.63) is 74.7 Å². The third-order valence-electron chi connectivity index (χ3n) is 7.11. The number of allylic oxidation sites excluding steroid dienone is 1. The number of hydrogen-bond acceptors (Lipinski definition) is 6. The van der Waals surface area contributed by atoms with Crippen LogP contribution in [0.5, 0.6) is 0 Å². The lowest BCUT2D eigenvalue weighted by molar-refractivity contribution is -0.208. The lowest BCUT2D eigenvalue weighted by Gasteiger charge is -2.33. The van der Waals surface area contributed by atoms with E-state index in [-0.39, 0.29) is 18.2 Å². The first-order valence-corrected chi connectivity index (χ1v) is 13.3. The number of piperidine rings is 1. The lowest BCUT2D eigenvalue weighted by atomic mass is 9.88. The Kier molecular flexibility index (Phi) is 7.29. The van der Waals surface area contributed by atoms with Gasteiger partial charge in [0.1, 0.15) is 0 Å². The van der Waals surface area contributed by atoms with Crippen molar-refractivity contribution in [2.75, 3.05) is 19.6 Å². The predicted molar refractivity (Wildman–Crippen MR) is 138 cm³/mol. The van der Waals surface area contributed by atoms with Crippen LogP contribution in [-0.2, 0) is 6.42 Å². The van der Waals surface area contributed by atoms with Gasteiger partial charge in [-0.25, -0.2) is 4.98 Å². The second-order valence-electron chi connectivity index (χ2n) is 9.75. The van der Waals surface area contributed by atoms with E-state index in [1.165, 1.54) is 0 Å². The number of aliphatic hydroxyl groups is 1. The number of carbonyl (C=O) groups is 1. The minimum absolute atomic E-state index is 0.0695. The largest absolute Gasteiger partial charge is 0.415 e.